The molecule has 0 aromatic heterocycles. The third-order valence-corrected chi connectivity index (χ3v) is 10.1. The van der Waals surface area contributed by atoms with Crippen molar-refractivity contribution in [2.75, 3.05) is 0 Å². The highest BCUT2D eigenvalue weighted by atomic mass is 79.9. The van der Waals surface area contributed by atoms with Crippen molar-refractivity contribution in [3.8, 4) is 0 Å². The second kappa shape index (κ2) is 11.2. The van der Waals surface area contributed by atoms with E-state index in [1.165, 1.54) is 0 Å². The van der Waals surface area contributed by atoms with Gasteiger partial charge in [-0.2, -0.15) is 0 Å². The standard InChI is InChI=1S/C20H14Br4O2S3/c1-9(2)19(25)28-17-13(21)5-11(6-14(17)22)27-12-7-15(23)18(16(24)8-12)29-20(26)10(3)4/h5-8H,1,3H2,2,4H3. The van der Waals surface area contributed by atoms with E-state index in [2.05, 4.69) is 76.9 Å². The van der Waals surface area contributed by atoms with Crippen molar-refractivity contribution in [3.63, 3.8) is 0 Å². The zero-order valence-electron chi connectivity index (χ0n) is 15.3. The van der Waals surface area contributed by atoms with E-state index in [1.807, 2.05) is 24.3 Å². The summed E-state index contributed by atoms with van der Waals surface area (Å²) in [6.07, 6.45) is 0. The van der Waals surface area contributed by atoms with Crippen LogP contribution in [0.15, 0.2) is 86.0 Å². The number of rotatable bonds is 6. The van der Waals surface area contributed by atoms with E-state index in [0.29, 0.717) is 11.1 Å². The normalized spacial score (nSPS) is 10.7. The minimum atomic E-state index is -0.0722. The number of hydrogen-bond donors (Lipinski definition) is 0. The fraction of sp³-hybridized carbons (Fsp3) is 0.100. The third-order valence-electron chi connectivity index (χ3n) is 3.27. The average molecular weight is 702 g/mol. The van der Waals surface area contributed by atoms with Gasteiger partial charge in [0, 0.05) is 37.5 Å². The quantitative estimate of drug-likeness (QED) is 0.222. The van der Waals surface area contributed by atoms with Crippen LogP contribution in [0.3, 0.4) is 0 Å². The van der Waals surface area contributed by atoms with Gasteiger partial charge in [-0.1, -0.05) is 24.9 Å². The highest BCUT2D eigenvalue weighted by Crippen LogP contribution is 2.44. The van der Waals surface area contributed by atoms with Crippen LogP contribution in [0.25, 0.3) is 0 Å². The number of carbonyl (C=O) groups excluding carboxylic acids is 2. The first-order valence-electron chi connectivity index (χ1n) is 7.91. The van der Waals surface area contributed by atoms with E-state index in [1.54, 1.807) is 25.6 Å². The van der Waals surface area contributed by atoms with Crippen LogP contribution in [0.1, 0.15) is 13.8 Å². The Morgan fingerprint density at radius 1 is 0.690 bits per heavy atom. The Balaban J connectivity index is 2.28. The molecule has 0 amide bonds. The smallest absolute Gasteiger partial charge is 0.219 e. The molecule has 0 saturated heterocycles. The first-order chi connectivity index (χ1) is 13.5. The Kier molecular flexibility index (Phi) is 9.84. The maximum atomic E-state index is 12.0. The van der Waals surface area contributed by atoms with Crippen LogP contribution in [0, 0.1) is 0 Å². The van der Waals surface area contributed by atoms with Gasteiger partial charge in [0.25, 0.3) is 0 Å². The van der Waals surface area contributed by atoms with Crippen molar-refractivity contribution in [2.45, 2.75) is 33.4 Å². The molecule has 0 bridgehead atoms. The van der Waals surface area contributed by atoms with Crippen molar-refractivity contribution in [3.05, 3.63) is 66.5 Å². The molecule has 2 nitrogen and oxygen atoms in total. The predicted molar refractivity (Wildman–Crippen MR) is 139 cm³/mol. The molecule has 0 heterocycles. The minimum Gasteiger partial charge on any atom is -0.282 e. The lowest BCUT2D eigenvalue weighted by atomic mass is 10.3. The van der Waals surface area contributed by atoms with Crippen molar-refractivity contribution in [1.29, 1.82) is 0 Å². The van der Waals surface area contributed by atoms with E-state index in [9.17, 15) is 9.59 Å². The molecule has 0 saturated carbocycles. The Morgan fingerprint density at radius 3 is 1.21 bits per heavy atom. The van der Waals surface area contributed by atoms with Crippen LogP contribution in [-0.4, -0.2) is 10.2 Å². The molecule has 0 N–H and O–H groups in total. The average Bonchev–Trinajstić information content (AvgIpc) is 2.60. The van der Waals surface area contributed by atoms with Gasteiger partial charge in [0.05, 0.1) is 0 Å². The number of hydrogen-bond acceptors (Lipinski definition) is 5. The van der Waals surface area contributed by atoms with Gasteiger partial charge < -0.3 is 0 Å². The number of halogens is 4. The molecule has 29 heavy (non-hydrogen) atoms. The van der Waals surface area contributed by atoms with Crippen LogP contribution < -0.4 is 0 Å². The van der Waals surface area contributed by atoms with E-state index in [4.69, 9.17) is 0 Å². The third kappa shape index (κ3) is 7.12. The Hall–Kier alpha value is 0.230. The summed E-state index contributed by atoms with van der Waals surface area (Å²) >= 11 is 18.1. The molecule has 0 aliphatic carbocycles. The summed E-state index contributed by atoms with van der Waals surface area (Å²) in [7, 11) is 0. The molecule has 0 fully saturated rings. The van der Waals surface area contributed by atoms with Crippen LogP contribution in [0.2, 0.25) is 0 Å². The summed E-state index contributed by atoms with van der Waals surface area (Å²) in [6.45, 7) is 10.8. The molecule has 2 aromatic rings. The number of benzene rings is 2. The summed E-state index contributed by atoms with van der Waals surface area (Å²) in [5.41, 5.74) is 1.01. The predicted octanol–water partition coefficient (Wildman–Crippen LogP) is 9.28. The maximum absolute atomic E-state index is 12.0. The van der Waals surface area contributed by atoms with Crippen LogP contribution in [0.5, 0.6) is 0 Å². The van der Waals surface area contributed by atoms with E-state index in [-0.39, 0.29) is 10.2 Å². The van der Waals surface area contributed by atoms with Gasteiger partial charge in [0.1, 0.15) is 0 Å². The molecule has 2 rings (SSSR count). The molecule has 0 unspecified atom stereocenters. The molecule has 152 valence electrons. The van der Waals surface area contributed by atoms with Crippen molar-refractivity contribution in [2.24, 2.45) is 0 Å². The van der Waals surface area contributed by atoms with Crippen LogP contribution in [0.4, 0.5) is 0 Å². The van der Waals surface area contributed by atoms with E-state index in [0.717, 1.165) is 61.0 Å². The summed E-state index contributed by atoms with van der Waals surface area (Å²) in [4.78, 5) is 27.6. The Bertz CT molecular complexity index is 907. The minimum absolute atomic E-state index is 0.0722. The van der Waals surface area contributed by atoms with Gasteiger partial charge in [0.2, 0.25) is 10.2 Å². The Morgan fingerprint density at radius 2 is 0.966 bits per heavy atom. The topological polar surface area (TPSA) is 34.1 Å². The van der Waals surface area contributed by atoms with E-state index < -0.39 is 0 Å². The Labute approximate surface area is 216 Å². The van der Waals surface area contributed by atoms with Crippen molar-refractivity contribution >= 4 is 109 Å². The fourth-order valence-electron chi connectivity index (χ4n) is 1.88. The first-order valence-corrected chi connectivity index (χ1v) is 13.5. The highest BCUT2D eigenvalue weighted by molar-refractivity contribution is 9.11. The molecular formula is C20H14Br4O2S3. The molecule has 0 aliphatic heterocycles. The number of thioether (sulfide) groups is 2. The summed E-state index contributed by atoms with van der Waals surface area (Å²) < 4.78 is 3.30. The van der Waals surface area contributed by atoms with Gasteiger partial charge in [-0.15, -0.1) is 0 Å². The molecule has 0 aliphatic rings. The SMILES string of the molecule is C=C(C)C(=O)Sc1c(Br)cc(Sc2cc(Br)c(SC(=O)C(=C)C)c(Br)c2)cc1Br. The lowest BCUT2D eigenvalue weighted by Gasteiger charge is -2.12. The van der Waals surface area contributed by atoms with Crippen molar-refractivity contribution in [1.82, 2.24) is 0 Å². The van der Waals surface area contributed by atoms with Crippen LogP contribution >= 0.6 is 99.0 Å². The molecular weight excluding hydrogens is 688 g/mol. The second-order valence-corrected chi connectivity index (χ2v) is 12.4. The lowest BCUT2D eigenvalue weighted by Crippen LogP contribution is -1.93. The highest BCUT2D eigenvalue weighted by Gasteiger charge is 2.16. The largest absolute Gasteiger partial charge is 0.282 e. The molecule has 2 aromatic carbocycles. The summed E-state index contributed by atoms with van der Waals surface area (Å²) in [5, 5.41) is -0.144. The zero-order chi connectivity index (χ0) is 21.9. The second-order valence-electron chi connectivity index (χ2n) is 5.87. The number of carbonyl (C=O) groups is 2. The van der Waals surface area contributed by atoms with Gasteiger partial charge in [-0.25, -0.2) is 0 Å². The molecule has 0 atom stereocenters. The maximum Gasteiger partial charge on any atom is 0.219 e. The van der Waals surface area contributed by atoms with Gasteiger partial charge in [0.15, 0.2) is 0 Å². The van der Waals surface area contributed by atoms with Gasteiger partial charge in [-0.3, -0.25) is 9.59 Å². The fourth-order valence-corrected chi connectivity index (χ4v) is 8.16. The van der Waals surface area contributed by atoms with Gasteiger partial charge in [-0.05, 0) is 137 Å². The summed E-state index contributed by atoms with van der Waals surface area (Å²) in [5.74, 6) is 0. The lowest BCUT2D eigenvalue weighted by molar-refractivity contribution is -0.108. The van der Waals surface area contributed by atoms with Crippen molar-refractivity contribution < 1.29 is 9.59 Å². The molecule has 9 heteroatoms. The van der Waals surface area contributed by atoms with E-state index >= 15 is 0 Å². The summed E-state index contributed by atoms with van der Waals surface area (Å²) in [6, 6.07) is 7.88. The molecule has 0 spiro atoms. The first kappa shape index (κ1) is 25.5. The molecule has 0 radical (unpaired) electrons. The zero-order valence-corrected chi connectivity index (χ0v) is 24.1. The van der Waals surface area contributed by atoms with Crippen LogP contribution in [-0.2, 0) is 9.59 Å². The van der Waals surface area contributed by atoms with Gasteiger partial charge >= 0.3 is 0 Å². The monoisotopic (exact) mass is 698 g/mol.